The number of ether oxygens (including phenoxy) is 1. The van der Waals surface area contributed by atoms with Gasteiger partial charge in [-0.05, 0) is 17.7 Å². The molecule has 0 N–H and O–H groups in total. The number of carbonyl (C=O) groups is 1. The van der Waals surface area contributed by atoms with Gasteiger partial charge in [-0.15, -0.1) is 0 Å². The first-order valence-corrected chi connectivity index (χ1v) is 9.00. The average molecular weight is 347 g/mol. The first-order valence-electron chi connectivity index (χ1n) is 7.50. The maximum Gasteiger partial charge on any atom is 0.462 e. The van der Waals surface area contributed by atoms with E-state index >= 15 is 0 Å². The number of nitrogens with zero attached hydrogens (tertiary/aromatic N) is 1. The summed E-state index contributed by atoms with van der Waals surface area (Å²) < 4.78 is 30.5. The topological polar surface area (TPSA) is 65.1 Å². The monoisotopic (exact) mass is 347 g/mol. The number of hydrogen-bond acceptors (Lipinski definition) is 5. The molecule has 1 heterocycles. The largest absolute Gasteiger partial charge is 0.468 e. The zero-order valence-corrected chi connectivity index (χ0v) is 14.1. The number of hydrogen-bond donors (Lipinski definition) is 0. The van der Waals surface area contributed by atoms with E-state index in [0.29, 0.717) is 5.75 Å². The number of esters is 1. The number of methoxy groups -OCH3 is 1. The van der Waals surface area contributed by atoms with Crippen molar-refractivity contribution >= 4 is 13.7 Å². The lowest BCUT2D eigenvalue weighted by Gasteiger charge is -2.25. The van der Waals surface area contributed by atoms with Crippen LogP contribution in [0.2, 0.25) is 0 Å². The van der Waals surface area contributed by atoms with Crippen LogP contribution in [0.15, 0.2) is 60.7 Å². The van der Waals surface area contributed by atoms with Crippen molar-refractivity contribution in [2.45, 2.75) is 12.6 Å². The molecule has 1 saturated heterocycles. The standard InChI is InChI=1S/C17H18NO5P/c1-21-17(19)16-13-22-24(20,23-15-10-6-3-7-11-15)18(16)12-14-8-4-2-5-9-14/h2-11,16H,12-13H2,1H3/t16-,24-/m0/s1. The van der Waals surface area contributed by atoms with Crippen LogP contribution in [0.3, 0.4) is 0 Å². The molecule has 6 nitrogen and oxygen atoms in total. The zero-order chi connectivity index (χ0) is 17.0. The highest BCUT2D eigenvalue weighted by atomic mass is 31.2. The Kier molecular flexibility index (Phi) is 5.00. The molecule has 3 rings (SSSR count). The summed E-state index contributed by atoms with van der Waals surface area (Å²) in [4.78, 5) is 12.0. The van der Waals surface area contributed by atoms with Crippen molar-refractivity contribution in [1.29, 1.82) is 0 Å². The van der Waals surface area contributed by atoms with Crippen molar-refractivity contribution in [2.75, 3.05) is 13.7 Å². The molecular formula is C17H18NO5P. The molecule has 0 bridgehead atoms. The summed E-state index contributed by atoms with van der Waals surface area (Å²) in [6, 6.07) is 17.4. The molecule has 0 aromatic heterocycles. The van der Waals surface area contributed by atoms with Crippen LogP contribution in [-0.4, -0.2) is 30.4 Å². The predicted molar refractivity (Wildman–Crippen MR) is 88.4 cm³/mol. The third kappa shape index (κ3) is 3.51. The van der Waals surface area contributed by atoms with Gasteiger partial charge in [0.1, 0.15) is 11.8 Å². The van der Waals surface area contributed by atoms with Gasteiger partial charge in [-0.3, -0.25) is 9.32 Å². The van der Waals surface area contributed by atoms with Gasteiger partial charge in [0.05, 0.1) is 13.7 Å². The maximum atomic E-state index is 13.2. The molecule has 0 aliphatic carbocycles. The molecule has 2 aromatic rings. The first kappa shape index (κ1) is 16.7. The molecule has 1 aliphatic heterocycles. The Morgan fingerprint density at radius 3 is 2.42 bits per heavy atom. The molecule has 0 spiro atoms. The zero-order valence-electron chi connectivity index (χ0n) is 13.2. The van der Waals surface area contributed by atoms with Crippen LogP contribution in [-0.2, 0) is 25.2 Å². The lowest BCUT2D eigenvalue weighted by Crippen LogP contribution is -2.37. The van der Waals surface area contributed by atoms with Gasteiger partial charge in [0.25, 0.3) is 0 Å². The highest BCUT2D eigenvalue weighted by Gasteiger charge is 2.50. The van der Waals surface area contributed by atoms with Gasteiger partial charge in [0.2, 0.25) is 0 Å². The summed E-state index contributed by atoms with van der Waals surface area (Å²) in [6.07, 6.45) is 0. The Morgan fingerprint density at radius 1 is 1.17 bits per heavy atom. The summed E-state index contributed by atoms with van der Waals surface area (Å²) >= 11 is 0. The predicted octanol–water partition coefficient (Wildman–Crippen LogP) is 3.25. The van der Waals surface area contributed by atoms with E-state index < -0.39 is 19.8 Å². The Bertz CT molecular complexity index is 737. The summed E-state index contributed by atoms with van der Waals surface area (Å²) in [5.41, 5.74) is 0.897. The van der Waals surface area contributed by atoms with Crippen LogP contribution in [0, 0.1) is 0 Å². The van der Waals surface area contributed by atoms with Crippen molar-refractivity contribution in [3.8, 4) is 5.75 Å². The smallest absolute Gasteiger partial charge is 0.462 e. The Balaban J connectivity index is 1.89. The van der Waals surface area contributed by atoms with Gasteiger partial charge < -0.3 is 9.26 Å². The number of para-hydroxylation sites is 1. The molecule has 2 atom stereocenters. The van der Waals surface area contributed by atoms with E-state index in [1.54, 1.807) is 24.3 Å². The highest BCUT2D eigenvalue weighted by molar-refractivity contribution is 7.52. The fourth-order valence-electron chi connectivity index (χ4n) is 2.48. The third-order valence-electron chi connectivity index (χ3n) is 3.69. The molecule has 1 aliphatic rings. The minimum absolute atomic E-state index is 0.0381. The molecule has 126 valence electrons. The Hall–Kier alpha value is -2.14. The normalized spacial score (nSPS) is 23.8. The molecule has 0 saturated carbocycles. The van der Waals surface area contributed by atoms with E-state index in [4.69, 9.17) is 13.8 Å². The van der Waals surface area contributed by atoms with Crippen molar-refractivity contribution in [3.63, 3.8) is 0 Å². The van der Waals surface area contributed by atoms with Gasteiger partial charge in [-0.1, -0.05) is 48.5 Å². The van der Waals surface area contributed by atoms with Crippen LogP contribution in [0.1, 0.15) is 5.56 Å². The van der Waals surface area contributed by atoms with Crippen molar-refractivity contribution in [1.82, 2.24) is 4.67 Å². The van der Waals surface area contributed by atoms with Gasteiger partial charge in [-0.25, -0.2) is 4.57 Å². The fourth-order valence-corrected chi connectivity index (χ4v) is 4.34. The number of carbonyl (C=O) groups excluding carboxylic acids is 1. The Morgan fingerprint density at radius 2 is 1.79 bits per heavy atom. The first-order chi connectivity index (χ1) is 11.6. The highest BCUT2D eigenvalue weighted by Crippen LogP contribution is 2.58. The molecule has 0 amide bonds. The van der Waals surface area contributed by atoms with E-state index in [1.165, 1.54) is 11.8 Å². The second kappa shape index (κ2) is 7.18. The summed E-state index contributed by atoms with van der Waals surface area (Å²) in [7, 11) is -2.36. The van der Waals surface area contributed by atoms with Gasteiger partial charge in [-0.2, -0.15) is 4.67 Å². The summed E-state index contributed by atoms with van der Waals surface area (Å²) in [5, 5.41) is 0. The van der Waals surface area contributed by atoms with Crippen molar-refractivity contribution < 1.29 is 23.1 Å². The molecule has 24 heavy (non-hydrogen) atoms. The maximum absolute atomic E-state index is 13.2. The van der Waals surface area contributed by atoms with Crippen LogP contribution < -0.4 is 4.52 Å². The van der Waals surface area contributed by atoms with Crippen molar-refractivity contribution in [3.05, 3.63) is 66.2 Å². The summed E-state index contributed by atoms with van der Waals surface area (Å²) in [6.45, 7) is 0.217. The van der Waals surface area contributed by atoms with Gasteiger partial charge in [0.15, 0.2) is 0 Å². The van der Waals surface area contributed by atoms with Crippen molar-refractivity contribution in [2.24, 2.45) is 0 Å². The summed E-state index contributed by atoms with van der Waals surface area (Å²) in [5.74, 6) is -0.0790. The molecule has 7 heteroatoms. The molecule has 2 aromatic carbocycles. The minimum atomic E-state index is -3.66. The van der Waals surface area contributed by atoms with Gasteiger partial charge in [0, 0.05) is 6.54 Å². The molecule has 1 fully saturated rings. The SMILES string of the molecule is COC(=O)[C@@H]1CO[P@](=O)(Oc2ccccc2)N1Cc1ccccc1. The minimum Gasteiger partial charge on any atom is -0.468 e. The molecular weight excluding hydrogens is 329 g/mol. The quantitative estimate of drug-likeness (QED) is 0.611. The number of benzene rings is 2. The lowest BCUT2D eigenvalue weighted by molar-refractivity contribution is -0.145. The van der Waals surface area contributed by atoms with E-state index in [-0.39, 0.29) is 13.2 Å². The average Bonchev–Trinajstić information content (AvgIpc) is 2.92. The van der Waals surface area contributed by atoms with E-state index in [9.17, 15) is 9.36 Å². The fraction of sp³-hybridized carbons (Fsp3) is 0.235. The second-order valence-electron chi connectivity index (χ2n) is 5.29. The molecule has 0 radical (unpaired) electrons. The van der Waals surface area contributed by atoms with E-state index in [1.807, 2.05) is 36.4 Å². The van der Waals surface area contributed by atoms with E-state index in [2.05, 4.69) is 0 Å². The number of rotatable bonds is 5. The molecule has 0 unspecified atom stereocenters. The van der Waals surface area contributed by atoms with E-state index in [0.717, 1.165) is 5.56 Å². The second-order valence-corrected chi connectivity index (χ2v) is 7.18. The van der Waals surface area contributed by atoms with Crippen LogP contribution >= 0.6 is 7.75 Å². The van der Waals surface area contributed by atoms with Crippen LogP contribution in [0.5, 0.6) is 5.75 Å². The Labute approximate surface area is 140 Å². The van der Waals surface area contributed by atoms with Gasteiger partial charge >= 0.3 is 13.7 Å². The lowest BCUT2D eigenvalue weighted by atomic mass is 10.2. The third-order valence-corrected chi connectivity index (χ3v) is 5.66. The van der Waals surface area contributed by atoms with Crippen LogP contribution in [0.4, 0.5) is 0 Å². The van der Waals surface area contributed by atoms with Crippen LogP contribution in [0.25, 0.3) is 0 Å².